The number of hydrogen-bond acceptors (Lipinski definition) is 4. The summed E-state index contributed by atoms with van der Waals surface area (Å²) in [6, 6.07) is 3.78. The van der Waals surface area contributed by atoms with E-state index in [0.717, 1.165) is 22.6 Å². The van der Waals surface area contributed by atoms with Crippen molar-refractivity contribution in [3.05, 3.63) is 29.3 Å². The number of primary sulfonamides is 1. The first-order valence-electron chi connectivity index (χ1n) is 5.76. The number of ether oxygens (including phenoxy) is 1. The summed E-state index contributed by atoms with van der Waals surface area (Å²) < 4.78 is 28.3. The van der Waals surface area contributed by atoms with Crippen molar-refractivity contribution < 1.29 is 13.2 Å². The summed E-state index contributed by atoms with van der Waals surface area (Å²) in [5.41, 5.74) is 2.92. The van der Waals surface area contributed by atoms with Crippen molar-refractivity contribution in [1.82, 2.24) is 0 Å². The van der Waals surface area contributed by atoms with Crippen molar-refractivity contribution >= 4 is 21.8 Å². The third kappa shape index (κ3) is 1.87. The van der Waals surface area contributed by atoms with E-state index in [2.05, 4.69) is 5.32 Å². The van der Waals surface area contributed by atoms with Gasteiger partial charge in [-0.2, -0.15) is 0 Å². The number of hydrogen-bond donors (Lipinski definition) is 2. The molecular weight excluding hydrogens is 252 g/mol. The second kappa shape index (κ2) is 4.00. The van der Waals surface area contributed by atoms with Crippen LogP contribution in [-0.4, -0.2) is 26.8 Å². The minimum Gasteiger partial charge on any atom is -0.489 e. The van der Waals surface area contributed by atoms with E-state index >= 15 is 0 Å². The molecule has 0 saturated heterocycles. The molecule has 1 aromatic carbocycles. The largest absolute Gasteiger partial charge is 0.489 e. The summed E-state index contributed by atoms with van der Waals surface area (Å²) in [7, 11) is -3.50. The van der Waals surface area contributed by atoms with Gasteiger partial charge in [-0.1, -0.05) is 6.07 Å². The molecule has 0 saturated carbocycles. The van der Waals surface area contributed by atoms with Gasteiger partial charge in [-0.15, -0.1) is 0 Å². The van der Waals surface area contributed by atoms with Gasteiger partial charge >= 0.3 is 0 Å². The standard InChI is InChI=1S/C12H14N2O3S/c13-18(15,16)9-6-8-3-4-11-10(2-1-5-17-11)12(8)14-7-9/h1-4,9,14H,5-7H2,(H2,13,15,16). The summed E-state index contributed by atoms with van der Waals surface area (Å²) >= 11 is 0. The van der Waals surface area contributed by atoms with Gasteiger partial charge in [0.05, 0.1) is 5.25 Å². The maximum Gasteiger partial charge on any atom is 0.214 e. The summed E-state index contributed by atoms with van der Waals surface area (Å²) in [5, 5.41) is 7.80. The van der Waals surface area contributed by atoms with Crippen LogP contribution in [0.2, 0.25) is 0 Å². The van der Waals surface area contributed by atoms with Gasteiger partial charge in [0.1, 0.15) is 12.4 Å². The maximum absolute atomic E-state index is 11.4. The summed E-state index contributed by atoms with van der Waals surface area (Å²) in [6.07, 6.45) is 4.39. The van der Waals surface area contributed by atoms with Crippen LogP contribution in [0.25, 0.3) is 6.08 Å². The molecule has 3 rings (SSSR count). The quantitative estimate of drug-likeness (QED) is 0.784. The van der Waals surface area contributed by atoms with Crippen LogP contribution < -0.4 is 15.2 Å². The Labute approximate surface area is 106 Å². The molecule has 6 heteroatoms. The summed E-state index contributed by atoms with van der Waals surface area (Å²) in [6.45, 7) is 0.918. The van der Waals surface area contributed by atoms with Gasteiger partial charge < -0.3 is 10.1 Å². The molecule has 0 aliphatic carbocycles. The van der Waals surface area contributed by atoms with Crippen molar-refractivity contribution in [2.75, 3.05) is 18.5 Å². The Bertz CT molecular complexity index is 622. The van der Waals surface area contributed by atoms with Crippen LogP contribution in [0.1, 0.15) is 11.1 Å². The second-order valence-electron chi connectivity index (χ2n) is 4.52. The Morgan fingerprint density at radius 1 is 1.39 bits per heavy atom. The molecule has 0 spiro atoms. The Balaban J connectivity index is 2.03. The van der Waals surface area contributed by atoms with Gasteiger partial charge in [-0.25, -0.2) is 13.6 Å². The first-order chi connectivity index (χ1) is 8.55. The second-order valence-corrected chi connectivity index (χ2v) is 6.37. The zero-order valence-corrected chi connectivity index (χ0v) is 10.5. The Morgan fingerprint density at radius 2 is 2.22 bits per heavy atom. The van der Waals surface area contributed by atoms with Crippen molar-refractivity contribution in [2.45, 2.75) is 11.7 Å². The van der Waals surface area contributed by atoms with E-state index in [4.69, 9.17) is 9.88 Å². The molecule has 0 aromatic heterocycles. The number of nitrogens with one attached hydrogen (secondary N) is 1. The highest BCUT2D eigenvalue weighted by Crippen LogP contribution is 2.36. The molecule has 2 aliphatic rings. The van der Waals surface area contributed by atoms with Gasteiger partial charge in [-0.3, -0.25) is 0 Å². The fourth-order valence-electron chi connectivity index (χ4n) is 2.39. The molecular formula is C12H14N2O3S. The molecule has 1 atom stereocenters. The topological polar surface area (TPSA) is 81.4 Å². The fourth-order valence-corrected chi connectivity index (χ4v) is 3.11. The lowest BCUT2D eigenvalue weighted by Gasteiger charge is -2.28. The zero-order chi connectivity index (χ0) is 12.8. The first-order valence-corrected chi connectivity index (χ1v) is 7.37. The van der Waals surface area contributed by atoms with E-state index in [9.17, 15) is 8.42 Å². The normalized spacial score (nSPS) is 21.5. The molecule has 5 nitrogen and oxygen atoms in total. The monoisotopic (exact) mass is 266 g/mol. The van der Waals surface area contributed by atoms with Crippen LogP contribution >= 0.6 is 0 Å². The van der Waals surface area contributed by atoms with E-state index in [-0.39, 0.29) is 0 Å². The van der Waals surface area contributed by atoms with E-state index in [1.54, 1.807) is 0 Å². The lowest BCUT2D eigenvalue weighted by Crippen LogP contribution is -2.39. The number of rotatable bonds is 1. The van der Waals surface area contributed by atoms with Crippen LogP contribution in [0.4, 0.5) is 5.69 Å². The first kappa shape index (κ1) is 11.6. The number of nitrogens with two attached hydrogens (primary N) is 1. The lowest BCUT2D eigenvalue weighted by atomic mass is 9.97. The molecule has 2 heterocycles. The Hall–Kier alpha value is -1.53. The van der Waals surface area contributed by atoms with Crippen LogP contribution in [0, 0.1) is 0 Å². The predicted molar refractivity (Wildman–Crippen MR) is 70.1 cm³/mol. The zero-order valence-electron chi connectivity index (χ0n) is 9.72. The summed E-state index contributed by atoms with van der Waals surface area (Å²) in [4.78, 5) is 0. The van der Waals surface area contributed by atoms with Crippen LogP contribution in [-0.2, 0) is 16.4 Å². The highest BCUT2D eigenvalue weighted by atomic mass is 32.2. The molecule has 1 aromatic rings. The van der Waals surface area contributed by atoms with E-state index in [1.807, 2.05) is 24.3 Å². The number of sulfonamides is 1. The SMILES string of the molecule is NS(=O)(=O)C1CNc2c(ccc3c2C=CCO3)C1. The molecule has 18 heavy (non-hydrogen) atoms. The third-order valence-corrected chi connectivity index (χ3v) is 4.59. The minimum atomic E-state index is -3.50. The molecule has 1 unspecified atom stereocenters. The Morgan fingerprint density at radius 3 is 3.00 bits per heavy atom. The summed E-state index contributed by atoms with van der Waals surface area (Å²) in [5.74, 6) is 0.831. The van der Waals surface area contributed by atoms with E-state index in [0.29, 0.717) is 19.6 Å². The third-order valence-electron chi connectivity index (χ3n) is 3.33. The smallest absolute Gasteiger partial charge is 0.214 e. The predicted octanol–water partition coefficient (Wildman–Crippen LogP) is 0.717. The lowest BCUT2D eigenvalue weighted by molar-refractivity contribution is 0.358. The van der Waals surface area contributed by atoms with Crippen molar-refractivity contribution in [1.29, 1.82) is 0 Å². The molecule has 2 aliphatic heterocycles. The van der Waals surface area contributed by atoms with Crippen LogP contribution in [0.3, 0.4) is 0 Å². The minimum absolute atomic E-state index is 0.343. The van der Waals surface area contributed by atoms with Crippen LogP contribution in [0.5, 0.6) is 5.75 Å². The van der Waals surface area contributed by atoms with E-state index < -0.39 is 15.3 Å². The van der Waals surface area contributed by atoms with Gasteiger partial charge in [0.25, 0.3) is 0 Å². The van der Waals surface area contributed by atoms with Gasteiger partial charge in [0, 0.05) is 17.8 Å². The average Bonchev–Trinajstić information content (AvgIpc) is 2.37. The Kier molecular flexibility index (Phi) is 2.57. The molecule has 0 radical (unpaired) electrons. The van der Waals surface area contributed by atoms with Crippen molar-refractivity contribution in [2.24, 2.45) is 5.14 Å². The van der Waals surface area contributed by atoms with Gasteiger partial charge in [0.15, 0.2) is 0 Å². The molecule has 96 valence electrons. The maximum atomic E-state index is 11.4. The molecule has 0 fully saturated rings. The number of fused-ring (bicyclic) bond motifs is 3. The van der Waals surface area contributed by atoms with Gasteiger partial charge in [-0.05, 0) is 30.2 Å². The highest BCUT2D eigenvalue weighted by molar-refractivity contribution is 7.89. The fraction of sp³-hybridized carbons (Fsp3) is 0.333. The van der Waals surface area contributed by atoms with Crippen LogP contribution in [0.15, 0.2) is 18.2 Å². The average molecular weight is 266 g/mol. The van der Waals surface area contributed by atoms with Gasteiger partial charge in [0.2, 0.25) is 10.0 Å². The molecule has 0 amide bonds. The van der Waals surface area contributed by atoms with E-state index in [1.165, 1.54) is 0 Å². The molecule has 3 N–H and O–H groups in total. The number of benzene rings is 1. The molecule has 0 bridgehead atoms. The van der Waals surface area contributed by atoms with Crippen molar-refractivity contribution in [3.63, 3.8) is 0 Å². The van der Waals surface area contributed by atoms with Crippen molar-refractivity contribution in [3.8, 4) is 5.75 Å². The number of anilines is 1. The highest BCUT2D eigenvalue weighted by Gasteiger charge is 2.28.